The molecule has 128 valence electrons. The van der Waals surface area contributed by atoms with Gasteiger partial charge in [-0.15, -0.1) is 0 Å². The highest BCUT2D eigenvalue weighted by Gasteiger charge is 2.33. The molecule has 1 aliphatic rings. The molecule has 5 nitrogen and oxygen atoms in total. The van der Waals surface area contributed by atoms with Gasteiger partial charge in [0.15, 0.2) is 5.69 Å². The Bertz CT molecular complexity index is 725. The average molecular weight is 348 g/mol. The summed E-state index contributed by atoms with van der Waals surface area (Å²) in [5.74, 6) is -0.0284. The Morgan fingerprint density at radius 1 is 1.38 bits per heavy atom. The van der Waals surface area contributed by atoms with Gasteiger partial charge in [0.25, 0.3) is 5.91 Å². The van der Waals surface area contributed by atoms with Gasteiger partial charge in [-0.3, -0.25) is 4.79 Å². The molecule has 1 heterocycles. The van der Waals surface area contributed by atoms with Crippen molar-refractivity contribution in [1.29, 1.82) is 0 Å². The summed E-state index contributed by atoms with van der Waals surface area (Å²) in [4.78, 5) is 14.7. The zero-order valence-electron chi connectivity index (χ0n) is 13.8. The van der Waals surface area contributed by atoms with Crippen molar-refractivity contribution < 1.29 is 9.90 Å². The smallest absolute Gasteiger partial charge is 0.274 e. The van der Waals surface area contributed by atoms with Crippen LogP contribution in [0.2, 0.25) is 5.02 Å². The second-order valence-corrected chi connectivity index (χ2v) is 6.66. The van der Waals surface area contributed by atoms with E-state index < -0.39 is 0 Å². The van der Waals surface area contributed by atoms with Crippen molar-refractivity contribution in [2.45, 2.75) is 38.6 Å². The van der Waals surface area contributed by atoms with Crippen LogP contribution in [0.3, 0.4) is 0 Å². The van der Waals surface area contributed by atoms with Crippen LogP contribution in [-0.4, -0.2) is 44.9 Å². The minimum absolute atomic E-state index is 0.0284. The van der Waals surface area contributed by atoms with Crippen molar-refractivity contribution in [3.8, 4) is 5.69 Å². The number of aromatic nitrogens is 2. The van der Waals surface area contributed by atoms with Gasteiger partial charge < -0.3 is 10.0 Å². The van der Waals surface area contributed by atoms with Crippen LogP contribution in [0.15, 0.2) is 30.3 Å². The number of nitrogens with zero attached hydrogens (tertiary/aromatic N) is 3. The third-order valence-electron chi connectivity index (χ3n) is 4.21. The van der Waals surface area contributed by atoms with Gasteiger partial charge in [0.1, 0.15) is 0 Å². The van der Waals surface area contributed by atoms with E-state index in [4.69, 9.17) is 16.7 Å². The number of unbranched alkanes of at least 4 members (excludes halogenated alkanes) is 1. The van der Waals surface area contributed by atoms with Crippen molar-refractivity contribution in [2.24, 2.45) is 0 Å². The highest BCUT2D eigenvalue weighted by molar-refractivity contribution is 6.30. The molecule has 1 N–H and O–H groups in total. The van der Waals surface area contributed by atoms with Crippen LogP contribution in [0.4, 0.5) is 0 Å². The Balaban J connectivity index is 1.81. The van der Waals surface area contributed by atoms with E-state index in [-0.39, 0.29) is 12.5 Å². The monoisotopic (exact) mass is 347 g/mol. The summed E-state index contributed by atoms with van der Waals surface area (Å²) < 4.78 is 1.75. The highest BCUT2D eigenvalue weighted by atomic mass is 35.5. The second kappa shape index (κ2) is 7.36. The number of benzene rings is 1. The fraction of sp³-hybridized carbons (Fsp3) is 0.444. The summed E-state index contributed by atoms with van der Waals surface area (Å²) in [7, 11) is 0. The molecule has 1 aromatic heterocycles. The van der Waals surface area contributed by atoms with Gasteiger partial charge in [-0.2, -0.15) is 5.10 Å². The van der Waals surface area contributed by atoms with Crippen molar-refractivity contribution in [1.82, 2.24) is 14.7 Å². The molecule has 1 amide bonds. The molecule has 0 atom stereocenters. The molecule has 0 radical (unpaired) electrons. The first-order valence-electron chi connectivity index (χ1n) is 8.34. The molecule has 0 aliphatic heterocycles. The molecule has 1 saturated carbocycles. The van der Waals surface area contributed by atoms with Gasteiger partial charge in [-0.25, -0.2) is 4.68 Å². The minimum atomic E-state index is -0.0284. The molecule has 1 aliphatic carbocycles. The van der Waals surface area contributed by atoms with Gasteiger partial charge in [0.2, 0.25) is 0 Å². The van der Waals surface area contributed by atoms with Crippen LogP contribution >= 0.6 is 11.6 Å². The first kappa shape index (κ1) is 17.0. The molecule has 0 saturated heterocycles. The predicted molar refractivity (Wildman–Crippen MR) is 93.7 cm³/mol. The van der Waals surface area contributed by atoms with E-state index >= 15 is 0 Å². The molecule has 6 heteroatoms. The summed E-state index contributed by atoms with van der Waals surface area (Å²) in [6.07, 6.45) is 3.64. The van der Waals surface area contributed by atoms with Crippen molar-refractivity contribution in [3.63, 3.8) is 0 Å². The first-order chi connectivity index (χ1) is 11.6. The number of carbonyl (C=O) groups excluding carboxylic acids is 1. The van der Waals surface area contributed by atoms with E-state index in [0.717, 1.165) is 30.6 Å². The Morgan fingerprint density at radius 3 is 2.83 bits per heavy atom. The first-order valence-corrected chi connectivity index (χ1v) is 8.72. The van der Waals surface area contributed by atoms with Gasteiger partial charge in [0.05, 0.1) is 5.69 Å². The summed E-state index contributed by atoms with van der Waals surface area (Å²) >= 11 is 6.05. The number of aliphatic hydroxyl groups excluding tert-OH is 1. The van der Waals surface area contributed by atoms with Crippen molar-refractivity contribution in [2.75, 3.05) is 13.2 Å². The van der Waals surface area contributed by atoms with Crippen LogP contribution in [0.5, 0.6) is 0 Å². The van der Waals surface area contributed by atoms with E-state index in [0.29, 0.717) is 29.7 Å². The Labute approximate surface area is 146 Å². The normalized spacial score (nSPS) is 14.0. The number of rotatable bonds is 7. The largest absolute Gasteiger partial charge is 0.396 e. The molecule has 1 aromatic carbocycles. The number of aryl methyl sites for hydroxylation is 1. The van der Waals surface area contributed by atoms with Gasteiger partial charge >= 0.3 is 0 Å². The molecule has 2 aromatic rings. The summed E-state index contributed by atoms with van der Waals surface area (Å²) in [6.45, 7) is 2.76. The number of aliphatic hydroxyl groups is 1. The number of hydrogen-bond donors (Lipinski definition) is 1. The third-order valence-corrected chi connectivity index (χ3v) is 4.45. The number of hydrogen-bond acceptors (Lipinski definition) is 3. The maximum Gasteiger partial charge on any atom is 0.274 e. The Morgan fingerprint density at radius 2 is 2.17 bits per heavy atom. The van der Waals surface area contributed by atoms with Crippen LogP contribution in [-0.2, 0) is 0 Å². The summed E-state index contributed by atoms with van der Waals surface area (Å²) in [6, 6.07) is 9.57. The molecular weight excluding hydrogens is 326 g/mol. The van der Waals surface area contributed by atoms with E-state index in [9.17, 15) is 4.79 Å². The molecule has 1 fully saturated rings. The van der Waals surface area contributed by atoms with Crippen LogP contribution in [0, 0.1) is 6.92 Å². The zero-order valence-corrected chi connectivity index (χ0v) is 14.5. The maximum absolute atomic E-state index is 12.8. The van der Waals surface area contributed by atoms with E-state index in [1.807, 2.05) is 42.2 Å². The molecule has 0 bridgehead atoms. The maximum atomic E-state index is 12.8. The quantitative estimate of drug-likeness (QED) is 0.782. The van der Waals surface area contributed by atoms with Crippen molar-refractivity contribution in [3.05, 3.63) is 46.7 Å². The van der Waals surface area contributed by atoms with Gasteiger partial charge in [-0.05, 0) is 56.9 Å². The fourth-order valence-corrected chi connectivity index (χ4v) is 3.01. The lowest BCUT2D eigenvalue weighted by molar-refractivity contribution is 0.0730. The van der Waals surface area contributed by atoms with E-state index in [2.05, 4.69) is 5.10 Å². The van der Waals surface area contributed by atoms with Gasteiger partial charge in [-0.1, -0.05) is 17.7 Å². The van der Waals surface area contributed by atoms with Crippen LogP contribution in [0.1, 0.15) is 41.9 Å². The second-order valence-electron chi connectivity index (χ2n) is 6.22. The van der Waals surface area contributed by atoms with Crippen LogP contribution in [0.25, 0.3) is 5.69 Å². The average Bonchev–Trinajstić information content (AvgIpc) is 3.32. The molecule has 3 rings (SSSR count). The summed E-state index contributed by atoms with van der Waals surface area (Å²) in [5.41, 5.74) is 2.20. The summed E-state index contributed by atoms with van der Waals surface area (Å²) in [5, 5.41) is 14.1. The molecule has 24 heavy (non-hydrogen) atoms. The Kier molecular flexibility index (Phi) is 5.21. The third kappa shape index (κ3) is 3.79. The topological polar surface area (TPSA) is 58.4 Å². The zero-order chi connectivity index (χ0) is 17.1. The molecular formula is C18H22ClN3O2. The van der Waals surface area contributed by atoms with E-state index in [1.54, 1.807) is 4.68 Å². The lowest BCUT2D eigenvalue weighted by atomic mass is 10.2. The SMILES string of the molecule is Cc1cc(C(=O)N(CCCCO)C2CC2)nn1-c1cccc(Cl)c1. The number of halogens is 1. The Hall–Kier alpha value is -1.85. The molecule has 0 spiro atoms. The standard InChI is InChI=1S/C18H22ClN3O2/c1-13-11-17(20-22(13)16-6-4-5-14(19)12-16)18(24)21(15-7-8-15)9-2-3-10-23/h4-6,11-12,15,23H,2-3,7-10H2,1H3. The predicted octanol–water partition coefficient (Wildman–Crippen LogP) is 3.21. The lowest BCUT2D eigenvalue weighted by Gasteiger charge is -2.21. The van der Waals surface area contributed by atoms with E-state index in [1.165, 1.54) is 0 Å². The number of amides is 1. The minimum Gasteiger partial charge on any atom is -0.396 e. The van der Waals surface area contributed by atoms with Crippen molar-refractivity contribution >= 4 is 17.5 Å². The number of carbonyl (C=O) groups is 1. The molecule has 0 unspecified atom stereocenters. The lowest BCUT2D eigenvalue weighted by Crippen LogP contribution is -2.34. The van der Waals surface area contributed by atoms with Gasteiger partial charge in [0, 0.05) is 29.9 Å². The fourth-order valence-electron chi connectivity index (χ4n) is 2.83. The highest BCUT2D eigenvalue weighted by Crippen LogP contribution is 2.29. The van der Waals surface area contributed by atoms with Crippen LogP contribution < -0.4 is 0 Å².